The lowest BCUT2D eigenvalue weighted by Crippen LogP contribution is -2.11. The lowest BCUT2D eigenvalue weighted by molar-refractivity contribution is 0.102. The van der Waals surface area contributed by atoms with E-state index in [2.05, 4.69) is 34.6 Å². The van der Waals surface area contributed by atoms with Crippen LogP contribution in [0.4, 0.5) is 5.69 Å². The van der Waals surface area contributed by atoms with Crippen molar-refractivity contribution < 1.29 is 4.79 Å². The molecule has 0 bridgehead atoms. The van der Waals surface area contributed by atoms with Crippen LogP contribution < -0.4 is 5.32 Å². The maximum Gasteiger partial charge on any atom is 0.255 e. The average molecular weight is 415 g/mol. The number of nitrogens with one attached hydrogen (secondary N) is 1. The third kappa shape index (κ3) is 4.44. The van der Waals surface area contributed by atoms with Crippen LogP contribution >= 0.6 is 11.8 Å². The number of rotatable bonds is 6. The van der Waals surface area contributed by atoms with Crippen LogP contribution in [0.1, 0.15) is 21.5 Å². The van der Waals surface area contributed by atoms with Gasteiger partial charge in [-0.2, -0.15) is 0 Å². The van der Waals surface area contributed by atoms with Crippen LogP contribution in [0.2, 0.25) is 0 Å². The number of anilines is 1. The highest BCUT2D eigenvalue weighted by molar-refractivity contribution is 7.98. The van der Waals surface area contributed by atoms with E-state index in [9.17, 15) is 4.79 Å². The SMILES string of the molecule is Cc1ccccc1-c1nnc(SCc2cccc(C(=O)Nc3ccccc3)c2)n1C. The Kier molecular flexibility index (Phi) is 5.95. The number of thioether (sulfide) groups is 1. The predicted octanol–water partition coefficient (Wildman–Crippen LogP) is 5.34. The molecule has 0 saturated heterocycles. The van der Waals surface area contributed by atoms with Gasteiger partial charge in [0.25, 0.3) is 5.91 Å². The summed E-state index contributed by atoms with van der Waals surface area (Å²) in [7, 11) is 1.98. The van der Waals surface area contributed by atoms with Crippen LogP contribution in [-0.4, -0.2) is 20.7 Å². The number of amides is 1. The Labute approximate surface area is 180 Å². The summed E-state index contributed by atoms with van der Waals surface area (Å²) in [5.74, 6) is 1.44. The summed E-state index contributed by atoms with van der Waals surface area (Å²) in [5, 5.41) is 12.5. The molecule has 0 spiro atoms. The van der Waals surface area contributed by atoms with Gasteiger partial charge in [0.05, 0.1) is 0 Å². The molecule has 0 fully saturated rings. The number of aryl methyl sites for hydroxylation is 1. The zero-order chi connectivity index (χ0) is 20.9. The Hall–Kier alpha value is -3.38. The van der Waals surface area contributed by atoms with Gasteiger partial charge in [0.1, 0.15) is 0 Å². The van der Waals surface area contributed by atoms with E-state index in [1.165, 1.54) is 5.56 Å². The second kappa shape index (κ2) is 8.97. The van der Waals surface area contributed by atoms with E-state index >= 15 is 0 Å². The maximum atomic E-state index is 12.5. The number of aromatic nitrogens is 3. The van der Waals surface area contributed by atoms with Gasteiger partial charge in [-0.15, -0.1) is 10.2 Å². The van der Waals surface area contributed by atoms with Crippen LogP contribution in [0.3, 0.4) is 0 Å². The van der Waals surface area contributed by atoms with Gasteiger partial charge >= 0.3 is 0 Å². The predicted molar refractivity (Wildman–Crippen MR) is 122 cm³/mol. The number of benzene rings is 3. The van der Waals surface area contributed by atoms with Crippen LogP contribution in [-0.2, 0) is 12.8 Å². The molecule has 0 aliphatic carbocycles. The van der Waals surface area contributed by atoms with E-state index in [1.807, 2.05) is 78.3 Å². The van der Waals surface area contributed by atoms with E-state index in [0.29, 0.717) is 11.3 Å². The topological polar surface area (TPSA) is 59.8 Å². The van der Waals surface area contributed by atoms with Crippen molar-refractivity contribution in [2.24, 2.45) is 7.05 Å². The van der Waals surface area contributed by atoms with Gasteiger partial charge in [0, 0.05) is 29.6 Å². The third-order valence-electron chi connectivity index (χ3n) is 4.81. The Morgan fingerprint density at radius 3 is 2.53 bits per heavy atom. The first-order chi connectivity index (χ1) is 14.6. The van der Waals surface area contributed by atoms with Crippen molar-refractivity contribution in [2.75, 3.05) is 5.32 Å². The van der Waals surface area contributed by atoms with Gasteiger partial charge in [0.2, 0.25) is 0 Å². The molecule has 4 aromatic rings. The van der Waals surface area contributed by atoms with Crippen molar-refractivity contribution in [2.45, 2.75) is 17.8 Å². The minimum absolute atomic E-state index is 0.117. The number of carbonyl (C=O) groups is 1. The minimum atomic E-state index is -0.117. The molecule has 0 unspecified atom stereocenters. The Morgan fingerprint density at radius 2 is 1.73 bits per heavy atom. The molecule has 1 heterocycles. The highest BCUT2D eigenvalue weighted by Gasteiger charge is 2.13. The molecule has 0 saturated carbocycles. The van der Waals surface area contributed by atoms with Gasteiger partial charge in [-0.25, -0.2) is 0 Å². The van der Waals surface area contributed by atoms with Crippen molar-refractivity contribution in [3.8, 4) is 11.4 Å². The molecular formula is C24H22N4OS. The lowest BCUT2D eigenvalue weighted by Gasteiger charge is -2.08. The fraction of sp³-hybridized carbons (Fsp3) is 0.125. The van der Waals surface area contributed by atoms with Crippen molar-refractivity contribution >= 4 is 23.4 Å². The van der Waals surface area contributed by atoms with Gasteiger partial charge in [0.15, 0.2) is 11.0 Å². The molecule has 1 amide bonds. The molecule has 1 N–H and O–H groups in total. The quantitative estimate of drug-likeness (QED) is 0.433. The van der Waals surface area contributed by atoms with Crippen molar-refractivity contribution in [3.05, 3.63) is 95.6 Å². The summed E-state index contributed by atoms with van der Waals surface area (Å²) in [6.45, 7) is 2.07. The molecular weight excluding hydrogens is 392 g/mol. The largest absolute Gasteiger partial charge is 0.322 e. The minimum Gasteiger partial charge on any atom is -0.322 e. The third-order valence-corrected chi connectivity index (χ3v) is 5.90. The second-order valence-electron chi connectivity index (χ2n) is 6.99. The Balaban J connectivity index is 1.45. The van der Waals surface area contributed by atoms with E-state index in [0.717, 1.165) is 27.8 Å². The normalized spacial score (nSPS) is 10.7. The zero-order valence-corrected chi connectivity index (χ0v) is 17.7. The van der Waals surface area contributed by atoms with Crippen molar-refractivity contribution in [1.29, 1.82) is 0 Å². The standard InChI is InChI=1S/C24H22N4OS/c1-17-9-6-7-14-21(17)22-26-27-24(28(22)2)30-16-18-10-8-11-19(15-18)23(29)25-20-12-4-3-5-13-20/h3-15H,16H2,1-2H3,(H,25,29). The smallest absolute Gasteiger partial charge is 0.255 e. The van der Waals surface area contributed by atoms with Gasteiger partial charge in [-0.1, -0.05) is 66.4 Å². The average Bonchev–Trinajstić information content (AvgIpc) is 3.13. The number of carbonyl (C=O) groups excluding carboxylic acids is 1. The first kappa shape index (κ1) is 19.9. The number of hydrogen-bond donors (Lipinski definition) is 1. The first-order valence-electron chi connectivity index (χ1n) is 9.65. The summed E-state index contributed by atoms with van der Waals surface area (Å²) >= 11 is 1.60. The summed E-state index contributed by atoms with van der Waals surface area (Å²) < 4.78 is 2.01. The Morgan fingerprint density at radius 1 is 0.967 bits per heavy atom. The lowest BCUT2D eigenvalue weighted by atomic mass is 10.1. The Bertz CT molecular complexity index is 1170. The van der Waals surface area contributed by atoms with Gasteiger partial charge in [-0.3, -0.25) is 4.79 Å². The molecule has 6 heteroatoms. The zero-order valence-electron chi connectivity index (χ0n) is 16.9. The van der Waals surface area contributed by atoms with Crippen LogP contribution in [0.5, 0.6) is 0 Å². The molecule has 1 aromatic heterocycles. The fourth-order valence-corrected chi connectivity index (χ4v) is 4.03. The van der Waals surface area contributed by atoms with E-state index in [4.69, 9.17) is 0 Å². The molecule has 3 aromatic carbocycles. The highest BCUT2D eigenvalue weighted by Crippen LogP contribution is 2.27. The molecule has 30 heavy (non-hydrogen) atoms. The first-order valence-corrected chi connectivity index (χ1v) is 10.6. The highest BCUT2D eigenvalue weighted by atomic mass is 32.2. The monoisotopic (exact) mass is 414 g/mol. The molecule has 0 aliphatic rings. The molecule has 0 radical (unpaired) electrons. The molecule has 0 atom stereocenters. The maximum absolute atomic E-state index is 12.5. The van der Waals surface area contributed by atoms with Gasteiger partial charge in [-0.05, 0) is 42.3 Å². The van der Waals surface area contributed by atoms with E-state index in [1.54, 1.807) is 11.8 Å². The summed E-state index contributed by atoms with van der Waals surface area (Å²) in [6, 6.07) is 25.3. The molecule has 5 nitrogen and oxygen atoms in total. The number of hydrogen-bond acceptors (Lipinski definition) is 4. The summed E-state index contributed by atoms with van der Waals surface area (Å²) in [4.78, 5) is 12.5. The molecule has 4 rings (SSSR count). The van der Waals surface area contributed by atoms with Crippen LogP contribution in [0.25, 0.3) is 11.4 Å². The molecule has 0 aliphatic heterocycles. The van der Waals surface area contributed by atoms with Gasteiger partial charge < -0.3 is 9.88 Å². The number of nitrogens with zero attached hydrogens (tertiary/aromatic N) is 3. The van der Waals surface area contributed by atoms with E-state index < -0.39 is 0 Å². The van der Waals surface area contributed by atoms with Crippen LogP contribution in [0, 0.1) is 6.92 Å². The summed E-state index contributed by atoms with van der Waals surface area (Å²) in [6.07, 6.45) is 0. The summed E-state index contributed by atoms with van der Waals surface area (Å²) in [5.41, 5.74) is 4.72. The van der Waals surface area contributed by atoms with Crippen LogP contribution in [0.15, 0.2) is 84.0 Å². The van der Waals surface area contributed by atoms with Crippen molar-refractivity contribution in [3.63, 3.8) is 0 Å². The molecule has 150 valence electrons. The van der Waals surface area contributed by atoms with Crippen molar-refractivity contribution in [1.82, 2.24) is 14.8 Å². The number of para-hydroxylation sites is 1. The van der Waals surface area contributed by atoms with E-state index in [-0.39, 0.29) is 5.91 Å². The second-order valence-corrected chi connectivity index (χ2v) is 7.93. The fourth-order valence-electron chi connectivity index (χ4n) is 3.17.